The number of carbonyl (C=O) groups is 1. The van der Waals surface area contributed by atoms with Crippen LogP contribution in [0.1, 0.15) is 36.1 Å². The molecule has 1 saturated heterocycles. The van der Waals surface area contributed by atoms with E-state index < -0.39 is 6.10 Å². The molecule has 0 radical (unpaired) electrons. The summed E-state index contributed by atoms with van der Waals surface area (Å²) in [5.41, 5.74) is 2.67. The van der Waals surface area contributed by atoms with Crippen molar-refractivity contribution in [3.8, 4) is 0 Å². The van der Waals surface area contributed by atoms with Crippen LogP contribution in [0.25, 0.3) is 0 Å². The summed E-state index contributed by atoms with van der Waals surface area (Å²) >= 11 is 1.72. The molecule has 38 heavy (non-hydrogen) atoms. The average Bonchev–Trinajstić information content (AvgIpc) is 3.34. The Labute approximate surface area is 227 Å². The third-order valence-corrected chi connectivity index (χ3v) is 8.07. The van der Waals surface area contributed by atoms with Gasteiger partial charge in [0.15, 0.2) is 0 Å². The number of thioether (sulfide) groups is 1. The van der Waals surface area contributed by atoms with Crippen molar-refractivity contribution in [3.63, 3.8) is 0 Å². The summed E-state index contributed by atoms with van der Waals surface area (Å²) in [6.07, 6.45) is 3.97. The summed E-state index contributed by atoms with van der Waals surface area (Å²) < 4.78 is 33.0. The molecule has 1 fully saturated rings. The number of hydrogen-bond donors (Lipinski definition) is 2. The van der Waals surface area contributed by atoms with Crippen molar-refractivity contribution in [3.05, 3.63) is 101 Å². The van der Waals surface area contributed by atoms with Crippen molar-refractivity contribution in [1.29, 1.82) is 0 Å². The molecule has 202 valence electrons. The zero-order valence-electron chi connectivity index (χ0n) is 21.7. The van der Waals surface area contributed by atoms with E-state index >= 15 is 0 Å². The molecule has 2 heterocycles. The Morgan fingerprint density at radius 1 is 1.13 bits per heavy atom. The summed E-state index contributed by atoms with van der Waals surface area (Å²) in [7, 11) is 2.00. The van der Waals surface area contributed by atoms with Gasteiger partial charge in [-0.05, 0) is 68.4 Å². The number of nitrogens with one attached hydrogen (secondary N) is 2. The lowest BCUT2D eigenvalue weighted by Crippen LogP contribution is -2.47. The first-order valence-corrected chi connectivity index (χ1v) is 13.7. The van der Waals surface area contributed by atoms with E-state index in [2.05, 4.69) is 27.4 Å². The molecule has 0 aliphatic carbocycles. The Kier molecular flexibility index (Phi) is 9.85. The van der Waals surface area contributed by atoms with E-state index in [4.69, 9.17) is 4.74 Å². The van der Waals surface area contributed by atoms with Gasteiger partial charge in [0.2, 0.25) is 5.91 Å². The van der Waals surface area contributed by atoms with Gasteiger partial charge in [-0.3, -0.25) is 15.1 Å². The van der Waals surface area contributed by atoms with Gasteiger partial charge in [-0.15, -0.1) is 11.8 Å². The molecule has 1 aliphatic rings. The van der Waals surface area contributed by atoms with Crippen molar-refractivity contribution in [2.75, 3.05) is 39.0 Å². The monoisotopic (exact) mass is 540 g/mol. The fourth-order valence-electron chi connectivity index (χ4n) is 4.40. The maximum absolute atomic E-state index is 13.4. The van der Waals surface area contributed by atoms with Gasteiger partial charge in [0.1, 0.15) is 17.7 Å². The van der Waals surface area contributed by atoms with Crippen LogP contribution in [0.4, 0.5) is 8.78 Å². The van der Waals surface area contributed by atoms with Crippen LogP contribution in [0, 0.1) is 11.6 Å². The van der Waals surface area contributed by atoms with E-state index in [1.165, 1.54) is 24.3 Å². The van der Waals surface area contributed by atoms with Crippen LogP contribution < -0.4 is 10.6 Å². The molecular weight excluding hydrogens is 506 g/mol. The van der Waals surface area contributed by atoms with Crippen LogP contribution in [-0.4, -0.2) is 60.9 Å². The van der Waals surface area contributed by atoms with Crippen molar-refractivity contribution < 1.29 is 18.3 Å². The molecule has 6 nitrogen and oxygen atoms in total. The first-order valence-electron chi connectivity index (χ1n) is 12.7. The van der Waals surface area contributed by atoms with Gasteiger partial charge in [-0.2, -0.15) is 0 Å². The molecule has 2 atom stereocenters. The van der Waals surface area contributed by atoms with Crippen molar-refractivity contribution in [2.45, 2.75) is 30.4 Å². The third kappa shape index (κ3) is 7.60. The Bertz CT molecular complexity index is 1120. The van der Waals surface area contributed by atoms with Gasteiger partial charge in [0.05, 0.1) is 17.5 Å². The topological polar surface area (TPSA) is 66.5 Å². The number of benzene rings is 2. The normalized spacial score (nSPS) is 19.3. The molecule has 1 aliphatic heterocycles. The first kappa shape index (κ1) is 28.2. The van der Waals surface area contributed by atoms with Crippen molar-refractivity contribution >= 4 is 17.7 Å². The number of rotatable bonds is 12. The lowest BCUT2D eigenvalue weighted by Gasteiger charge is -2.24. The molecule has 3 aromatic rings. The highest BCUT2D eigenvalue weighted by molar-refractivity contribution is 8.00. The number of ether oxygens (including phenoxy) is 1. The highest BCUT2D eigenvalue weighted by atomic mass is 32.2. The highest BCUT2D eigenvalue weighted by Crippen LogP contribution is 2.38. The largest absolute Gasteiger partial charge is 0.367 e. The minimum absolute atomic E-state index is 0.0116. The lowest BCUT2D eigenvalue weighted by atomic mass is 10.0. The summed E-state index contributed by atoms with van der Waals surface area (Å²) in [6.45, 7) is 4.58. The fraction of sp³-hybridized carbons (Fsp3) is 0.379. The van der Waals surface area contributed by atoms with Crippen LogP contribution in [0.5, 0.6) is 0 Å². The number of amides is 1. The summed E-state index contributed by atoms with van der Waals surface area (Å²) in [6, 6.07) is 16.0. The SMILES string of the molecule is CN(CCCNC(=O)C1CSC(C)(c2cccnc2)N1)CCOC(c1ccc(F)cc1)c1ccc(F)cc1. The van der Waals surface area contributed by atoms with Crippen LogP contribution in [0.3, 0.4) is 0 Å². The fourth-order valence-corrected chi connectivity index (χ4v) is 5.65. The number of pyridine rings is 1. The molecule has 4 rings (SSSR count). The molecule has 0 bridgehead atoms. The molecule has 9 heteroatoms. The summed E-state index contributed by atoms with van der Waals surface area (Å²) in [5.74, 6) is 0.0851. The number of aromatic nitrogens is 1. The van der Waals surface area contributed by atoms with Gasteiger partial charge in [0.25, 0.3) is 0 Å². The van der Waals surface area contributed by atoms with Crippen molar-refractivity contribution in [2.24, 2.45) is 0 Å². The average molecular weight is 541 g/mol. The predicted molar refractivity (Wildman–Crippen MR) is 147 cm³/mol. The minimum Gasteiger partial charge on any atom is -0.367 e. The molecule has 0 spiro atoms. The Balaban J connectivity index is 1.18. The van der Waals surface area contributed by atoms with Gasteiger partial charge < -0.3 is 15.0 Å². The van der Waals surface area contributed by atoms with Crippen molar-refractivity contribution in [1.82, 2.24) is 20.5 Å². The van der Waals surface area contributed by atoms with E-state index in [1.54, 1.807) is 42.2 Å². The van der Waals surface area contributed by atoms with Crippen LogP contribution in [0.15, 0.2) is 73.1 Å². The van der Waals surface area contributed by atoms with Gasteiger partial charge >= 0.3 is 0 Å². The first-order chi connectivity index (χ1) is 18.3. The number of carbonyl (C=O) groups excluding carboxylic acids is 1. The van der Waals surface area contributed by atoms with E-state index in [1.807, 2.05) is 25.4 Å². The van der Waals surface area contributed by atoms with E-state index in [9.17, 15) is 13.6 Å². The van der Waals surface area contributed by atoms with Gasteiger partial charge in [0, 0.05) is 36.8 Å². The van der Waals surface area contributed by atoms with Crippen LogP contribution in [0.2, 0.25) is 0 Å². The Hall–Kier alpha value is -2.85. The molecule has 2 N–H and O–H groups in total. The predicted octanol–water partition coefficient (Wildman–Crippen LogP) is 4.48. The lowest BCUT2D eigenvalue weighted by molar-refractivity contribution is -0.122. The molecule has 1 aromatic heterocycles. The second-order valence-corrected chi connectivity index (χ2v) is 11.0. The van der Waals surface area contributed by atoms with E-state index in [0.29, 0.717) is 25.4 Å². The minimum atomic E-state index is -0.418. The number of hydrogen-bond acceptors (Lipinski definition) is 6. The second kappa shape index (κ2) is 13.3. The smallest absolute Gasteiger partial charge is 0.238 e. The van der Waals surface area contributed by atoms with Gasteiger partial charge in [-0.1, -0.05) is 30.3 Å². The van der Waals surface area contributed by atoms with Gasteiger partial charge in [-0.25, -0.2) is 8.78 Å². The quantitative estimate of drug-likeness (QED) is 0.330. The van der Waals surface area contributed by atoms with E-state index in [0.717, 1.165) is 29.7 Å². The number of nitrogens with zero attached hydrogens (tertiary/aromatic N) is 2. The zero-order valence-corrected chi connectivity index (χ0v) is 22.5. The van der Waals surface area contributed by atoms with Crippen LogP contribution in [-0.2, 0) is 14.4 Å². The molecule has 1 amide bonds. The standard InChI is InChI=1S/C29H34F2N4O2S/c1-29(23-5-3-14-32-19-23)34-26(20-38-29)28(36)33-15-4-16-35(2)17-18-37-27(21-6-10-24(30)11-7-21)22-8-12-25(31)13-9-22/h3,5-14,19,26-27,34H,4,15-18,20H2,1-2H3,(H,33,36). The summed E-state index contributed by atoms with van der Waals surface area (Å²) in [4.78, 5) is 18.7. The zero-order chi connectivity index (χ0) is 27.0. The Morgan fingerprint density at radius 3 is 2.39 bits per heavy atom. The molecule has 2 aromatic carbocycles. The van der Waals surface area contributed by atoms with Crippen LogP contribution >= 0.6 is 11.8 Å². The number of halogens is 2. The maximum Gasteiger partial charge on any atom is 0.238 e. The highest BCUT2D eigenvalue weighted by Gasteiger charge is 2.39. The summed E-state index contributed by atoms with van der Waals surface area (Å²) in [5, 5.41) is 6.49. The number of likely N-dealkylation sites (N-methyl/N-ethyl adjacent to an activating group) is 1. The Morgan fingerprint density at radius 2 is 1.79 bits per heavy atom. The molecule has 0 saturated carbocycles. The molecular formula is C29H34F2N4O2S. The third-order valence-electron chi connectivity index (χ3n) is 6.64. The maximum atomic E-state index is 13.4. The van der Waals surface area contributed by atoms with E-state index in [-0.39, 0.29) is 28.5 Å². The molecule has 2 unspecified atom stereocenters. The second-order valence-electron chi connectivity index (χ2n) is 9.58.